The Hall–Kier alpha value is -2.44. The molecule has 3 rings (SSSR count). The molecule has 1 saturated heterocycles. The van der Waals surface area contributed by atoms with E-state index in [4.69, 9.17) is 0 Å². The van der Waals surface area contributed by atoms with E-state index in [0.29, 0.717) is 29.9 Å². The van der Waals surface area contributed by atoms with E-state index < -0.39 is 11.2 Å². The average Bonchev–Trinajstić information content (AvgIpc) is 2.56. The van der Waals surface area contributed by atoms with Crippen LogP contribution in [0.25, 0.3) is 11.0 Å². The van der Waals surface area contributed by atoms with Crippen LogP contribution in [0.15, 0.2) is 15.7 Å². The van der Waals surface area contributed by atoms with E-state index in [2.05, 4.69) is 9.97 Å². The van der Waals surface area contributed by atoms with Gasteiger partial charge in [-0.15, -0.1) is 0 Å². The fraction of sp³-hybridized carbons (Fsp3) is 0.600. The van der Waals surface area contributed by atoms with E-state index in [0.717, 1.165) is 6.42 Å². The lowest BCUT2D eigenvalue weighted by Gasteiger charge is -2.54. The molecule has 1 aliphatic heterocycles. The van der Waals surface area contributed by atoms with Gasteiger partial charge in [0.25, 0.3) is 11.5 Å². The predicted molar refractivity (Wildman–Crippen MR) is 105 cm³/mol. The molecule has 7 heteroatoms. The standard InChI is InChI=1S/C20H28N4O3/c1-7-8-23-16-15(17(25)22-19(23)27)13(9-14(21-16)11(2)3)18(26)24-12(4)10-20(24,5)6/h9,11-12H,7-8,10H2,1-6H3,(H,22,25,27). The van der Waals surface area contributed by atoms with Gasteiger partial charge in [0.05, 0.1) is 10.9 Å². The van der Waals surface area contributed by atoms with Crippen LogP contribution in [0.5, 0.6) is 0 Å². The van der Waals surface area contributed by atoms with Gasteiger partial charge in [-0.3, -0.25) is 19.1 Å². The second-order valence-corrected chi connectivity index (χ2v) is 8.40. The minimum absolute atomic E-state index is 0.0623. The first-order valence-corrected chi connectivity index (χ1v) is 9.60. The first-order chi connectivity index (χ1) is 12.6. The summed E-state index contributed by atoms with van der Waals surface area (Å²) in [6, 6.07) is 1.82. The Balaban J connectivity index is 2.35. The Morgan fingerprint density at radius 2 is 2.04 bits per heavy atom. The van der Waals surface area contributed by atoms with Crippen molar-refractivity contribution in [2.24, 2.45) is 0 Å². The third kappa shape index (κ3) is 3.09. The number of pyridine rings is 1. The molecule has 7 nitrogen and oxygen atoms in total. The Morgan fingerprint density at radius 3 is 2.56 bits per heavy atom. The number of hydrogen-bond donors (Lipinski definition) is 1. The van der Waals surface area contributed by atoms with Crippen LogP contribution in [0.1, 0.15) is 76.4 Å². The summed E-state index contributed by atoms with van der Waals surface area (Å²) in [7, 11) is 0. The summed E-state index contributed by atoms with van der Waals surface area (Å²) in [5.74, 6) is -0.118. The third-order valence-corrected chi connectivity index (χ3v) is 5.34. The summed E-state index contributed by atoms with van der Waals surface area (Å²) in [4.78, 5) is 47.2. The number of fused-ring (bicyclic) bond motifs is 1. The van der Waals surface area contributed by atoms with Crippen molar-refractivity contribution in [1.29, 1.82) is 0 Å². The number of aromatic nitrogens is 3. The molecule has 1 N–H and O–H groups in total. The van der Waals surface area contributed by atoms with E-state index >= 15 is 0 Å². The quantitative estimate of drug-likeness (QED) is 0.894. The van der Waals surface area contributed by atoms with Crippen molar-refractivity contribution in [1.82, 2.24) is 19.4 Å². The van der Waals surface area contributed by atoms with Gasteiger partial charge < -0.3 is 4.90 Å². The van der Waals surface area contributed by atoms with Gasteiger partial charge >= 0.3 is 5.69 Å². The molecule has 2 aromatic rings. The lowest BCUT2D eigenvalue weighted by atomic mass is 9.81. The highest BCUT2D eigenvalue weighted by atomic mass is 16.2. The molecule has 146 valence electrons. The van der Waals surface area contributed by atoms with Gasteiger partial charge in [-0.05, 0) is 45.6 Å². The third-order valence-electron chi connectivity index (χ3n) is 5.34. The van der Waals surface area contributed by atoms with Crippen molar-refractivity contribution in [2.75, 3.05) is 0 Å². The van der Waals surface area contributed by atoms with Crippen LogP contribution in [0, 0.1) is 0 Å². The monoisotopic (exact) mass is 372 g/mol. The van der Waals surface area contributed by atoms with Gasteiger partial charge in [-0.25, -0.2) is 9.78 Å². The molecule has 0 radical (unpaired) electrons. The molecule has 1 atom stereocenters. The van der Waals surface area contributed by atoms with Gasteiger partial charge in [0.2, 0.25) is 0 Å². The second-order valence-electron chi connectivity index (χ2n) is 8.40. The summed E-state index contributed by atoms with van der Waals surface area (Å²) in [6.07, 6.45) is 1.63. The molecule has 0 aromatic carbocycles. The van der Waals surface area contributed by atoms with Gasteiger partial charge in [0.1, 0.15) is 0 Å². The lowest BCUT2D eigenvalue weighted by Crippen LogP contribution is -2.63. The summed E-state index contributed by atoms with van der Waals surface area (Å²) < 4.78 is 1.46. The Kier molecular flexibility index (Phi) is 4.74. The fourth-order valence-electron chi connectivity index (χ4n) is 4.19. The van der Waals surface area contributed by atoms with Crippen LogP contribution >= 0.6 is 0 Å². The molecule has 1 aliphatic rings. The maximum atomic E-state index is 13.4. The number of H-pyrrole nitrogens is 1. The SMILES string of the molecule is CCCn1c(=O)[nH]c(=O)c2c(C(=O)N3C(C)CC3(C)C)cc(C(C)C)nc21. The minimum Gasteiger partial charge on any atom is -0.331 e. The molecule has 0 saturated carbocycles. The summed E-state index contributed by atoms with van der Waals surface area (Å²) in [5, 5.41) is 0.201. The molecular formula is C20H28N4O3. The molecule has 1 fully saturated rings. The zero-order valence-electron chi connectivity index (χ0n) is 16.9. The number of hydrogen-bond acceptors (Lipinski definition) is 4. The Morgan fingerprint density at radius 1 is 1.37 bits per heavy atom. The van der Waals surface area contributed by atoms with E-state index in [-0.39, 0.29) is 28.8 Å². The van der Waals surface area contributed by atoms with Crippen molar-refractivity contribution in [3.05, 3.63) is 38.2 Å². The topological polar surface area (TPSA) is 88.1 Å². The van der Waals surface area contributed by atoms with Crippen LogP contribution in [0.4, 0.5) is 0 Å². The summed E-state index contributed by atoms with van der Waals surface area (Å²) in [5.41, 5.74) is 0.0277. The normalized spacial score (nSPS) is 18.8. The van der Waals surface area contributed by atoms with Crippen LogP contribution in [0.2, 0.25) is 0 Å². The van der Waals surface area contributed by atoms with E-state index in [9.17, 15) is 14.4 Å². The average molecular weight is 372 g/mol. The summed E-state index contributed by atoms with van der Waals surface area (Å²) >= 11 is 0. The first-order valence-electron chi connectivity index (χ1n) is 9.60. The largest absolute Gasteiger partial charge is 0.331 e. The van der Waals surface area contributed by atoms with Crippen molar-refractivity contribution >= 4 is 16.9 Å². The molecule has 0 aliphatic carbocycles. The molecule has 1 amide bonds. The predicted octanol–water partition coefficient (Wildman–Crippen LogP) is 2.63. The number of aromatic amines is 1. The van der Waals surface area contributed by atoms with Crippen LogP contribution in [0.3, 0.4) is 0 Å². The smallest absolute Gasteiger partial charge is 0.329 e. The number of amides is 1. The highest BCUT2D eigenvalue weighted by molar-refractivity contribution is 6.06. The van der Waals surface area contributed by atoms with Crippen LogP contribution < -0.4 is 11.2 Å². The number of rotatable bonds is 4. The van der Waals surface area contributed by atoms with E-state index in [1.54, 1.807) is 6.07 Å². The first kappa shape index (κ1) is 19.3. The molecule has 3 heterocycles. The number of nitrogens with one attached hydrogen (secondary N) is 1. The van der Waals surface area contributed by atoms with Crippen molar-refractivity contribution in [3.63, 3.8) is 0 Å². The molecule has 0 bridgehead atoms. The maximum Gasteiger partial charge on any atom is 0.329 e. The zero-order chi connectivity index (χ0) is 20.1. The zero-order valence-corrected chi connectivity index (χ0v) is 16.9. The lowest BCUT2D eigenvalue weighted by molar-refractivity contribution is -0.0199. The van der Waals surface area contributed by atoms with Crippen LogP contribution in [-0.4, -0.2) is 36.9 Å². The molecule has 0 spiro atoms. The number of carbonyl (C=O) groups is 1. The van der Waals surface area contributed by atoms with Gasteiger partial charge in [0, 0.05) is 23.8 Å². The molecule has 1 unspecified atom stereocenters. The molecule has 27 heavy (non-hydrogen) atoms. The number of likely N-dealkylation sites (tertiary alicyclic amines) is 1. The van der Waals surface area contributed by atoms with Crippen molar-refractivity contribution in [2.45, 2.75) is 78.4 Å². The Labute approximate surface area is 158 Å². The maximum absolute atomic E-state index is 13.4. The Bertz CT molecular complexity index is 1020. The van der Waals surface area contributed by atoms with E-state index in [1.165, 1.54) is 4.57 Å². The minimum atomic E-state index is -0.556. The second kappa shape index (κ2) is 6.62. The van der Waals surface area contributed by atoms with Gasteiger partial charge in [-0.1, -0.05) is 20.8 Å². The highest BCUT2D eigenvalue weighted by Gasteiger charge is 2.46. The number of aryl methyl sites for hydroxylation is 1. The fourth-order valence-corrected chi connectivity index (χ4v) is 4.19. The van der Waals surface area contributed by atoms with Gasteiger partial charge in [-0.2, -0.15) is 0 Å². The van der Waals surface area contributed by atoms with Crippen molar-refractivity contribution < 1.29 is 4.79 Å². The molecule has 2 aromatic heterocycles. The molecular weight excluding hydrogens is 344 g/mol. The van der Waals surface area contributed by atoms with Crippen molar-refractivity contribution in [3.8, 4) is 0 Å². The highest BCUT2D eigenvalue weighted by Crippen LogP contribution is 2.37. The van der Waals surface area contributed by atoms with Gasteiger partial charge in [0.15, 0.2) is 5.65 Å². The van der Waals surface area contributed by atoms with Crippen LogP contribution in [-0.2, 0) is 6.54 Å². The number of nitrogens with zero attached hydrogens (tertiary/aromatic N) is 3. The van der Waals surface area contributed by atoms with E-state index in [1.807, 2.05) is 46.4 Å². The number of carbonyl (C=O) groups excluding carboxylic acids is 1. The summed E-state index contributed by atoms with van der Waals surface area (Å²) in [6.45, 7) is 12.4.